The average Bonchev–Trinajstić information content (AvgIpc) is 2.98. The second kappa shape index (κ2) is 4.63. The first-order valence-electron chi connectivity index (χ1n) is 6.16. The average molecular weight is 197 g/mol. The molecule has 2 aliphatic carbocycles. The first kappa shape index (κ1) is 10.4. The van der Waals surface area contributed by atoms with E-state index < -0.39 is 0 Å². The van der Waals surface area contributed by atoms with Crippen LogP contribution in [-0.4, -0.2) is 19.3 Å². The third-order valence-corrected chi connectivity index (χ3v) is 3.81. The Labute approximate surface area is 87.2 Å². The Bertz CT molecular complexity index is 171. The molecule has 2 nitrogen and oxygen atoms in total. The molecule has 0 aliphatic heterocycles. The van der Waals surface area contributed by atoms with Gasteiger partial charge in [0.25, 0.3) is 0 Å². The summed E-state index contributed by atoms with van der Waals surface area (Å²) in [5.41, 5.74) is 6.11. The summed E-state index contributed by atoms with van der Waals surface area (Å²) in [7, 11) is 0. The fraction of sp³-hybridized carbons (Fsp3) is 1.00. The maximum absolute atomic E-state index is 6.01. The van der Waals surface area contributed by atoms with E-state index in [0.29, 0.717) is 11.5 Å². The van der Waals surface area contributed by atoms with Crippen LogP contribution in [0.5, 0.6) is 0 Å². The molecular formula is C12H23NO. The summed E-state index contributed by atoms with van der Waals surface area (Å²) < 4.78 is 6.01. The zero-order valence-electron chi connectivity index (χ0n) is 9.13. The van der Waals surface area contributed by atoms with E-state index in [1.807, 2.05) is 0 Å². The van der Waals surface area contributed by atoms with Gasteiger partial charge in [-0.25, -0.2) is 0 Å². The molecular weight excluding hydrogens is 174 g/mol. The van der Waals surface area contributed by atoms with Gasteiger partial charge in [-0.15, -0.1) is 0 Å². The standard InChI is InChI=1S/C12H23NO/c13-9-8-12(6-7-12)10-14-11-4-2-1-3-5-11/h11H,1-10,13H2. The van der Waals surface area contributed by atoms with Crippen LogP contribution in [0.2, 0.25) is 0 Å². The van der Waals surface area contributed by atoms with Crippen LogP contribution in [0.4, 0.5) is 0 Å². The zero-order chi connectivity index (χ0) is 9.86. The van der Waals surface area contributed by atoms with Crippen molar-refractivity contribution >= 4 is 0 Å². The second-order valence-electron chi connectivity index (χ2n) is 5.11. The molecule has 0 saturated heterocycles. The summed E-state index contributed by atoms with van der Waals surface area (Å²) in [6.07, 6.45) is 11.2. The van der Waals surface area contributed by atoms with Crippen LogP contribution in [0, 0.1) is 5.41 Å². The number of hydrogen-bond acceptors (Lipinski definition) is 2. The summed E-state index contributed by atoms with van der Waals surface area (Å²) >= 11 is 0. The van der Waals surface area contributed by atoms with Gasteiger partial charge < -0.3 is 10.5 Å². The highest BCUT2D eigenvalue weighted by Gasteiger charge is 2.42. The molecule has 14 heavy (non-hydrogen) atoms. The third-order valence-electron chi connectivity index (χ3n) is 3.81. The minimum absolute atomic E-state index is 0.506. The lowest BCUT2D eigenvalue weighted by atomic mass is 9.97. The van der Waals surface area contributed by atoms with Gasteiger partial charge in [0.1, 0.15) is 0 Å². The van der Waals surface area contributed by atoms with Gasteiger partial charge >= 0.3 is 0 Å². The van der Waals surface area contributed by atoms with E-state index in [1.54, 1.807) is 0 Å². The fourth-order valence-electron chi connectivity index (χ4n) is 2.48. The summed E-state index contributed by atoms with van der Waals surface area (Å²) in [6, 6.07) is 0. The van der Waals surface area contributed by atoms with Gasteiger partial charge in [-0.1, -0.05) is 19.3 Å². The van der Waals surface area contributed by atoms with E-state index in [0.717, 1.165) is 13.2 Å². The molecule has 2 rings (SSSR count). The SMILES string of the molecule is NCCC1(COC2CCCCC2)CC1. The first-order valence-corrected chi connectivity index (χ1v) is 6.16. The van der Waals surface area contributed by atoms with E-state index in [4.69, 9.17) is 10.5 Å². The molecule has 0 heterocycles. The number of hydrogen-bond donors (Lipinski definition) is 1. The zero-order valence-corrected chi connectivity index (χ0v) is 9.13. The normalized spacial score (nSPS) is 26.4. The summed E-state index contributed by atoms with van der Waals surface area (Å²) in [6.45, 7) is 1.81. The monoisotopic (exact) mass is 197 g/mol. The van der Waals surface area contributed by atoms with E-state index >= 15 is 0 Å². The lowest BCUT2D eigenvalue weighted by Crippen LogP contribution is -2.23. The van der Waals surface area contributed by atoms with Crippen LogP contribution >= 0.6 is 0 Å². The fourth-order valence-corrected chi connectivity index (χ4v) is 2.48. The molecule has 2 N–H and O–H groups in total. The first-order chi connectivity index (χ1) is 6.85. The van der Waals surface area contributed by atoms with Crippen molar-refractivity contribution in [2.45, 2.75) is 57.5 Å². The molecule has 0 aromatic carbocycles. The minimum atomic E-state index is 0.506. The maximum atomic E-state index is 6.01. The van der Waals surface area contributed by atoms with Gasteiger partial charge in [0.15, 0.2) is 0 Å². The van der Waals surface area contributed by atoms with Crippen molar-refractivity contribution in [3.05, 3.63) is 0 Å². The molecule has 0 radical (unpaired) electrons. The molecule has 82 valence electrons. The number of rotatable bonds is 5. The van der Waals surface area contributed by atoms with Gasteiger partial charge in [-0.05, 0) is 44.1 Å². The van der Waals surface area contributed by atoms with Crippen LogP contribution in [0.25, 0.3) is 0 Å². The number of nitrogens with two attached hydrogens (primary N) is 1. The molecule has 0 unspecified atom stereocenters. The van der Waals surface area contributed by atoms with Crippen molar-refractivity contribution in [3.8, 4) is 0 Å². The quantitative estimate of drug-likeness (QED) is 0.735. The van der Waals surface area contributed by atoms with Crippen LogP contribution in [0.1, 0.15) is 51.4 Å². The molecule has 0 aromatic rings. The van der Waals surface area contributed by atoms with Crippen LogP contribution in [-0.2, 0) is 4.74 Å². The van der Waals surface area contributed by atoms with Gasteiger partial charge in [-0.3, -0.25) is 0 Å². The number of ether oxygens (including phenoxy) is 1. The highest BCUT2D eigenvalue weighted by atomic mass is 16.5. The molecule has 2 saturated carbocycles. The summed E-state index contributed by atoms with van der Waals surface area (Å²) in [5, 5.41) is 0. The smallest absolute Gasteiger partial charge is 0.0575 e. The lowest BCUT2D eigenvalue weighted by Gasteiger charge is -2.24. The molecule has 0 aromatic heterocycles. The predicted octanol–water partition coefficient (Wildman–Crippen LogP) is 2.46. The Morgan fingerprint density at radius 1 is 1.14 bits per heavy atom. The van der Waals surface area contributed by atoms with Crippen molar-refractivity contribution in [1.82, 2.24) is 0 Å². The lowest BCUT2D eigenvalue weighted by molar-refractivity contribution is 0.000535. The molecule has 2 aliphatic rings. The Hall–Kier alpha value is -0.0800. The highest BCUT2D eigenvalue weighted by molar-refractivity contribution is 4.93. The Kier molecular flexibility index (Phi) is 3.45. The Balaban J connectivity index is 1.65. The molecule has 0 atom stereocenters. The minimum Gasteiger partial charge on any atom is -0.378 e. The van der Waals surface area contributed by atoms with Gasteiger partial charge in [0.05, 0.1) is 12.7 Å². The highest BCUT2D eigenvalue weighted by Crippen LogP contribution is 2.49. The van der Waals surface area contributed by atoms with Crippen molar-refractivity contribution < 1.29 is 4.74 Å². The third kappa shape index (κ3) is 2.71. The van der Waals surface area contributed by atoms with Crippen LogP contribution < -0.4 is 5.73 Å². The maximum Gasteiger partial charge on any atom is 0.0575 e. The Morgan fingerprint density at radius 3 is 2.43 bits per heavy atom. The molecule has 0 amide bonds. The van der Waals surface area contributed by atoms with E-state index in [-0.39, 0.29) is 0 Å². The van der Waals surface area contributed by atoms with Crippen molar-refractivity contribution in [1.29, 1.82) is 0 Å². The van der Waals surface area contributed by atoms with Crippen LogP contribution in [0.3, 0.4) is 0 Å². The van der Waals surface area contributed by atoms with Crippen LogP contribution in [0.15, 0.2) is 0 Å². The molecule has 0 bridgehead atoms. The van der Waals surface area contributed by atoms with Gasteiger partial charge in [0.2, 0.25) is 0 Å². The predicted molar refractivity (Wildman–Crippen MR) is 58.2 cm³/mol. The van der Waals surface area contributed by atoms with Gasteiger partial charge in [0, 0.05) is 0 Å². The van der Waals surface area contributed by atoms with E-state index in [9.17, 15) is 0 Å². The largest absolute Gasteiger partial charge is 0.378 e. The van der Waals surface area contributed by atoms with E-state index in [2.05, 4.69) is 0 Å². The van der Waals surface area contributed by atoms with Crippen molar-refractivity contribution in [2.24, 2.45) is 11.1 Å². The van der Waals surface area contributed by atoms with E-state index in [1.165, 1.54) is 51.4 Å². The van der Waals surface area contributed by atoms with Crippen molar-refractivity contribution in [3.63, 3.8) is 0 Å². The van der Waals surface area contributed by atoms with Crippen molar-refractivity contribution in [2.75, 3.05) is 13.2 Å². The topological polar surface area (TPSA) is 35.2 Å². The second-order valence-corrected chi connectivity index (χ2v) is 5.11. The molecule has 0 spiro atoms. The summed E-state index contributed by atoms with van der Waals surface area (Å²) in [4.78, 5) is 0. The molecule has 2 heteroatoms. The Morgan fingerprint density at radius 2 is 1.86 bits per heavy atom. The van der Waals surface area contributed by atoms with Gasteiger partial charge in [-0.2, -0.15) is 0 Å². The molecule has 2 fully saturated rings. The summed E-state index contributed by atoms with van der Waals surface area (Å²) in [5.74, 6) is 0.